The Hall–Kier alpha value is -2.80. The van der Waals surface area contributed by atoms with Gasteiger partial charge in [0.1, 0.15) is 0 Å². The van der Waals surface area contributed by atoms with E-state index in [4.69, 9.17) is 11.6 Å². The Morgan fingerprint density at radius 1 is 1.17 bits per heavy atom. The van der Waals surface area contributed by atoms with Gasteiger partial charge in [0.25, 0.3) is 5.91 Å². The molecule has 0 radical (unpaired) electrons. The number of nitrogens with zero attached hydrogens (tertiary/aromatic N) is 4. The Morgan fingerprint density at radius 3 is 2.69 bits per heavy atom. The van der Waals surface area contributed by atoms with E-state index in [1.54, 1.807) is 24.5 Å². The number of nitrogens with one attached hydrogen (secondary N) is 2. The lowest BCUT2D eigenvalue weighted by molar-refractivity contribution is 0.0954. The number of aliphatic imine (C=N–C) groups is 1. The third-order valence-corrected chi connectivity index (χ3v) is 4.91. The summed E-state index contributed by atoms with van der Waals surface area (Å²) in [6.45, 7) is 7.41. The van der Waals surface area contributed by atoms with Crippen molar-refractivity contribution in [3.8, 4) is 0 Å². The van der Waals surface area contributed by atoms with Crippen molar-refractivity contribution < 1.29 is 4.79 Å². The van der Waals surface area contributed by atoms with Gasteiger partial charge in [-0.05, 0) is 37.3 Å². The van der Waals surface area contributed by atoms with Crippen molar-refractivity contribution in [3.05, 3.63) is 59.4 Å². The van der Waals surface area contributed by atoms with Crippen molar-refractivity contribution in [1.29, 1.82) is 0 Å². The maximum Gasteiger partial charge on any atom is 0.252 e. The molecule has 1 saturated heterocycles. The molecule has 0 bridgehead atoms. The summed E-state index contributed by atoms with van der Waals surface area (Å²) in [6, 6.07) is 11.5. The van der Waals surface area contributed by atoms with Crippen LogP contribution in [0.3, 0.4) is 0 Å². The molecule has 1 fully saturated rings. The number of pyridine rings is 1. The van der Waals surface area contributed by atoms with Crippen LogP contribution in [-0.4, -0.2) is 67.6 Å². The molecule has 0 spiro atoms. The van der Waals surface area contributed by atoms with E-state index >= 15 is 0 Å². The van der Waals surface area contributed by atoms with E-state index in [1.807, 2.05) is 18.2 Å². The second-order valence-corrected chi connectivity index (χ2v) is 7.12. The zero-order valence-corrected chi connectivity index (χ0v) is 17.4. The van der Waals surface area contributed by atoms with Crippen LogP contribution in [0.4, 0.5) is 5.69 Å². The van der Waals surface area contributed by atoms with E-state index in [0.717, 1.165) is 49.4 Å². The van der Waals surface area contributed by atoms with Crippen LogP contribution in [0.15, 0.2) is 53.8 Å². The fourth-order valence-corrected chi connectivity index (χ4v) is 3.39. The first kappa shape index (κ1) is 20.9. The Morgan fingerprint density at radius 2 is 2.00 bits per heavy atom. The molecule has 154 valence electrons. The molecule has 1 aromatic heterocycles. The number of aromatic nitrogens is 1. The number of hydrogen-bond donors (Lipinski definition) is 2. The predicted molar refractivity (Wildman–Crippen MR) is 118 cm³/mol. The van der Waals surface area contributed by atoms with E-state index < -0.39 is 0 Å². The molecule has 0 atom stereocenters. The summed E-state index contributed by atoms with van der Waals surface area (Å²) in [5, 5.41) is 6.99. The van der Waals surface area contributed by atoms with Crippen molar-refractivity contribution in [2.75, 3.05) is 50.7 Å². The summed E-state index contributed by atoms with van der Waals surface area (Å²) in [6.07, 6.45) is 3.21. The van der Waals surface area contributed by atoms with Gasteiger partial charge in [0.15, 0.2) is 5.96 Å². The van der Waals surface area contributed by atoms with E-state index in [-0.39, 0.29) is 5.91 Å². The van der Waals surface area contributed by atoms with E-state index in [2.05, 4.69) is 43.4 Å². The lowest BCUT2D eigenvalue weighted by Gasteiger charge is -2.37. The summed E-state index contributed by atoms with van der Waals surface area (Å²) in [7, 11) is 0. The minimum Gasteiger partial charge on any atom is -0.368 e. The number of amides is 1. The minimum atomic E-state index is -0.131. The van der Waals surface area contributed by atoms with Gasteiger partial charge < -0.3 is 20.4 Å². The fourth-order valence-electron chi connectivity index (χ4n) is 3.21. The highest BCUT2D eigenvalue weighted by Crippen LogP contribution is 2.20. The molecule has 0 saturated carbocycles. The monoisotopic (exact) mass is 414 g/mol. The smallest absolute Gasteiger partial charge is 0.252 e. The van der Waals surface area contributed by atoms with Crippen LogP contribution in [0, 0.1) is 0 Å². The van der Waals surface area contributed by atoms with Crippen molar-refractivity contribution in [1.82, 2.24) is 20.5 Å². The number of guanidine groups is 1. The quantitative estimate of drug-likeness (QED) is 0.431. The molecule has 0 unspecified atom stereocenters. The molecular weight excluding hydrogens is 388 g/mol. The summed E-state index contributed by atoms with van der Waals surface area (Å²) in [5.74, 6) is 0.752. The largest absolute Gasteiger partial charge is 0.368 e. The third-order valence-electron chi connectivity index (χ3n) is 4.67. The van der Waals surface area contributed by atoms with Crippen LogP contribution in [0.5, 0.6) is 0 Å². The van der Waals surface area contributed by atoms with Gasteiger partial charge in [0.05, 0.1) is 12.1 Å². The number of halogens is 1. The van der Waals surface area contributed by atoms with Crippen LogP contribution in [-0.2, 0) is 0 Å². The van der Waals surface area contributed by atoms with E-state index in [0.29, 0.717) is 18.7 Å². The van der Waals surface area contributed by atoms with Gasteiger partial charge in [-0.2, -0.15) is 0 Å². The Balaban J connectivity index is 1.50. The number of rotatable bonds is 6. The number of carbonyl (C=O) groups is 1. The summed E-state index contributed by atoms with van der Waals surface area (Å²) in [4.78, 5) is 25.3. The normalized spacial score (nSPS) is 14.6. The maximum atomic E-state index is 12.1. The second-order valence-electron chi connectivity index (χ2n) is 6.69. The number of piperazine rings is 1. The highest BCUT2D eigenvalue weighted by molar-refractivity contribution is 6.30. The van der Waals surface area contributed by atoms with Gasteiger partial charge in [-0.15, -0.1) is 0 Å². The number of carbonyl (C=O) groups excluding carboxylic acids is 1. The van der Waals surface area contributed by atoms with Gasteiger partial charge in [0, 0.05) is 62.4 Å². The van der Waals surface area contributed by atoms with Crippen LogP contribution in [0.2, 0.25) is 5.02 Å². The van der Waals surface area contributed by atoms with Crippen LogP contribution in [0.25, 0.3) is 0 Å². The van der Waals surface area contributed by atoms with Crippen LogP contribution in [0.1, 0.15) is 17.3 Å². The third kappa shape index (κ3) is 6.09. The van der Waals surface area contributed by atoms with Crippen molar-refractivity contribution in [2.45, 2.75) is 6.92 Å². The molecule has 2 heterocycles. The Bertz CT molecular complexity index is 821. The summed E-state index contributed by atoms with van der Waals surface area (Å²) >= 11 is 6.12. The van der Waals surface area contributed by atoms with Crippen LogP contribution >= 0.6 is 11.6 Å². The van der Waals surface area contributed by atoms with Gasteiger partial charge in [0.2, 0.25) is 0 Å². The first-order valence-corrected chi connectivity index (χ1v) is 10.3. The Kier molecular flexibility index (Phi) is 7.69. The predicted octanol–water partition coefficient (Wildman–Crippen LogP) is 2.25. The average molecular weight is 415 g/mol. The topological polar surface area (TPSA) is 72.9 Å². The fraction of sp³-hybridized carbons (Fsp3) is 0.381. The molecule has 2 aromatic rings. The van der Waals surface area contributed by atoms with Crippen molar-refractivity contribution >= 4 is 29.2 Å². The van der Waals surface area contributed by atoms with Crippen molar-refractivity contribution in [2.24, 2.45) is 4.99 Å². The van der Waals surface area contributed by atoms with Gasteiger partial charge >= 0.3 is 0 Å². The maximum absolute atomic E-state index is 12.1. The lowest BCUT2D eigenvalue weighted by Crippen LogP contribution is -2.52. The van der Waals surface area contributed by atoms with Gasteiger partial charge in [-0.1, -0.05) is 17.7 Å². The molecule has 1 aliphatic heterocycles. The number of benzene rings is 1. The first-order valence-electron chi connectivity index (χ1n) is 9.89. The molecule has 8 heteroatoms. The number of anilines is 1. The molecule has 3 rings (SSSR count). The molecule has 7 nitrogen and oxygen atoms in total. The average Bonchev–Trinajstić information content (AvgIpc) is 2.76. The highest BCUT2D eigenvalue weighted by atomic mass is 35.5. The molecule has 0 aliphatic carbocycles. The number of hydrogen-bond acceptors (Lipinski definition) is 4. The molecular formula is C21H27ClN6O. The zero-order valence-electron chi connectivity index (χ0n) is 16.6. The Labute approximate surface area is 176 Å². The SMILES string of the molecule is CCNC(=NCCNC(=O)c1cccnc1)N1CCN(c2cccc(Cl)c2)CC1. The van der Waals surface area contributed by atoms with Crippen LogP contribution < -0.4 is 15.5 Å². The van der Waals surface area contributed by atoms with Crippen molar-refractivity contribution in [3.63, 3.8) is 0 Å². The molecule has 1 aliphatic rings. The standard InChI is InChI=1S/C21H27ClN6O/c1-2-24-21(26-10-9-25-20(29)17-5-4-8-23-16-17)28-13-11-27(12-14-28)19-7-3-6-18(22)15-19/h3-8,15-16H,2,9-14H2,1H3,(H,24,26)(H,25,29). The summed E-state index contributed by atoms with van der Waals surface area (Å²) in [5.41, 5.74) is 1.71. The molecule has 1 aromatic carbocycles. The summed E-state index contributed by atoms with van der Waals surface area (Å²) < 4.78 is 0. The zero-order chi connectivity index (χ0) is 20.5. The minimum absolute atomic E-state index is 0.131. The van der Waals surface area contributed by atoms with Gasteiger partial charge in [-0.25, -0.2) is 0 Å². The molecule has 29 heavy (non-hydrogen) atoms. The van der Waals surface area contributed by atoms with Gasteiger partial charge in [-0.3, -0.25) is 14.8 Å². The van der Waals surface area contributed by atoms with E-state index in [1.165, 1.54) is 0 Å². The lowest BCUT2D eigenvalue weighted by atomic mass is 10.2. The van der Waals surface area contributed by atoms with E-state index in [9.17, 15) is 4.79 Å². The molecule has 2 N–H and O–H groups in total. The second kappa shape index (κ2) is 10.7. The first-order chi connectivity index (χ1) is 14.2. The highest BCUT2D eigenvalue weighted by Gasteiger charge is 2.20. The molecule has 1 amide bonds.